The maximum Gasteiger partial charge on any atom is 0.193 e. The van der Waals surface area contributed by atoms with E-state index >= 15 is 0 Å². The molecule has 1 aromatic heterocycles. The van der Waals surface area contributed by atoms with Crippen molar-refractivity contribution in [3.8, 4) is 11.8 Å². The number of hydrogen-bond acceptors (Lipinski definition) is 4. The molecule has 0 atom stereocenters. The zero-order valence-corrected chi connectivity index (χ0v) is 20.5. The van der Waals surface area contributed by atoms with Crippen molar-refractivity contribution in [2.75, 3.05) is 26.4 Å². The van der Waals surface area contributed by atoms with Gasteiger partial charge in [-0.2, -0.15) is 10.4 Å². The molecular formula is C23H27FIN7. The predicted molar refractivity (Wildman–Crippen MR) is 136 cm³/mol. The van der Waals surface area contributed by atoms with Gasteiger partial charge in [0.15, 0.2) is 5.96 Å². The van der Waals surface area contributed by atoms with Gasteiger partial charge in [-0.3, -0.25) is 4.99 Å². The second kappa shape index (κ2) is 12.0. The number of guanidine groups is 1. The van der Waals surface area contributed by atoms with Crippen molar-refractivity contribution in [1.82, 2.24) is 20.0 Å². The molecule has 9 heteroatoms. The number of hydrogen-bond donors (Lipinski definition) is 2. The maximum atomic E-state index is 13.1. The molecule has 0 aliphatic heterocycles. The van der Waals surface area contributed by atoms with Crippen LogP contribution in [0.1, 0.15) is 23.2 Å². The van der Waals surface area contributed by atoms with Crippen LogP contribution in [0.25, 0.3) is 5.69 Å². The highest BCUT2D eigenvalue weighted by molar-refractivity contribution is 14.0. The Labute approximate surface area is 204 Å². The second-order valence-electron chi connectivity index (χ2n) is 7.13. The number of anilines is 1. The Morgan fingerprint density at radius 2 is 1.91 bits per heavy atom. The summed E-state index contributed by atoms with van der Waals surface area (Å²) in [5, 5.41) is 17.4. The van der Waals surface area contributed by atoms with Crippen LogP contribution in [0.2, 0.25) is 0 Å². The lowest BCUT2D eigenvalue weighted by Crippen LogP contribution is -2.39. The first-order valence-electron chi connectivity index (χ1n) is 10.0. The molecule has 168 valence electrons. The summed E-state index contributed by atoms with van der Waals surface area (Å²) in [4.78, 5) is 6.27. The number of aromatic nitrogens is 2. The number of benzene rings is 2. The number of nitrogens with one attached hydrogen (secondary N) is 1. The second-order valence-corrected chi connectivity index (χ2v) is 7.13. The Kier molecular flexibility index (Phi) is 9.46. The van der Waals surface area contributed by atoms with Crippen LogP contribution in [-0.2, 0) is 13.0 Å². The van der Waals surface area contributed by atoms with E-state index in [0.29, 0.717) is 36.6 Å². The molecule has 3 aromatic rings. The average molecular weight is 547 g/mol. The fraction of sp³-hybridized carbons (Fsp3) is 0.261. The van der Waals surface area contributed by atoms with Crippen LogP contribution in [0.3, 0.4) is 0 Å². The SMILES string of the molecule is CN=C(NCCCc1nn(-c2ccccc2)c(N)c1C#N)N(C)Cc1ccc(F)cc1.I. The standard InChI is InChI=1S/C23H26FN7.HI/c1-27-23(30(2)16-17-10-12-18(24)13-11-17)28-14-6-9-21-20(15-25)22(26)31(29-21)19-7-4-3-5-8-19;/h3-5,7-8,10-13H,6,9,14,16,26H2,1-2H3,(H,27,28);1H. The Morgan fingerprint density at radius 1 is 1.22 bits per heavy atom. The van der Waals surface area contributed by atoms with Gasteiger partial charge in [0.05, 0.1) is 11.4 Å². The van der Waals surface area contributed by atoms with Crippen LogP contribution in [0.5, 0.6) is 0 Å². The Morgan fingerprint density at radius 3 is 2.53 bits per heavy atom. The summed E-state index contributed by atoms with van der Waals surface area (Å²) in [6.07, 6.45) is 1.36. The van der Waals surface area contributed by atoms with Gasteiger partial charge in [0.2, 0.25) is 0 Å². The lowest BCUT2D eigenvalue weighted by atomic mass is 10.1. The summed E-state index contributed by atoms with van der Waals surface area (Å²) in [5.74, 6) is 0.839. The predicted octanol–water partition coefficient (Wildman–Crippen LogP) is 3.72. The number of halogens is 2. The van der Waals surface area contributed by atoms with E-state index in [-0.39, 0.29) is 29.8 Å². The maximum absolute atomic E-state index is 13.1. The molecule has 1 heterocycles. The third kappa shape index (κ3) is 6.20. The van der Waals surface area contributed by atoms with Crippen LogP contribution in [0.15, 0.2) is 59.6 Å². The first-order chi connectivity index (χ1) is 15.0. The minimum atomic E-state index is -0.249. The van der Waals surface area contributed by atoms with Gasteiger partial charge in [0, 0.05) is 27.2 Å². The van der Waals surface area contributed by atoms with E-state index in [2.05, 4.69) is 21.5 Å². The average Bonchev–Trinajstić information content (AvgIpc) is 3.11. The van der Waals surface area contributed by atoms with Gasteiger partial charge >= 0.3 is 0 Å². The van der Waals surface area contributed by atoms with Gasteiger partial charge in [-0.15, -0.1) is 24.0 Å². The molecule has 0 aliphatic rings. The summed E-state index contributed by atoms with van der Waals surface area (Å²) in [6.45, 7) is 1.26. The number of nitrogens with two attached hydrogens (primary N) is 1. The molecule has 0 bridgehead atoms. The lowest BCUT2D eigenvalue weighted by Gasteiger charge is -2.22. The molecule has 7 nitrogen and oxygen atoms in total. The topological polar surface area (TPSA) is 95.3 Å². The van der Waals surface area contributed by atoms with E-state index in [1.54, 1.807) is 23.9 Å². The third-order valence-electron chi connectivity index (χ3n) is 4.89. The lowest BCUT2D eigenvalue weighted by molar-refractivity contribution is 0.475. The molecule has 0 unspecified atom stereocenters. The quantitative estimate of drug-likeness (QED) is 0.204. The molecule has 0 spiro atoms. The van der Waals surface area contributed by atoms with E-state index in [4.69, 9.17) is 5.73 Å². The first-order valence-corrected chi connectivity index (χ1v) is 10.0. The number of nitriles is 1. The normalized spacial score (nSPS) is 10.9. The van der Waals surface area contributed by atoms with Gasteiger partial charge in [-0.25, -0.2) is 9.07 Å². The molecule has 0 amide bonds. The molecule has 0 fully saturated rings. The number of aryl methyl sites for hydroxylation is 1. The highest BCUT2D eigenvalue weighted by Gasteiger charge is 2.16. The van der Waals surface area contributed by atoms with Gasteiger partial charge in [-0.1, -0.05) is 30.3 Å². The van der Waals surface area contributed by atoms with Crippen LogP contribution < -0.4 is 11.1 Å². The van der Waals surface area contributed by atoms with Crippen molar-refractivity contribution >= 4 is 35.8 Å². The molecule has 0 saturated carbocycles. The van der Waals surface area contributed by atoms with Crippen molar-refractivity contribution in [1.29, 1.82) is 5.26 Å². The summed E-state index contributed by atoms with van der Waals surface area (Å²) in [6, 6.07) is 18.1. The van der Waals surface area contributed by atoms with Crippen molar-refractivity contribution in [3.05, 3.63) is 77.2 Å². The highest BCUT2D eigenvalue weighted by atomic mass is 127. The molecule has 32 heavy (non-hydrogen) atoms. The monoisotopic (exact) mass is 547 g/mol. The van der Waals surface area contributed by atoms with Gasteiger partial charge in [0.1, 0.15) is 23.3 Å². The van der Waals surface area contributed by atoms with E-state index in [9.17, 15) is 9.65 Å². The number of nitrogens with zero attached hydrogens (tertiary/aromatic N) is 5. The smallest absolute Gasteiger partial charge is 0.193 e. The van der Waals surface area contributed by atoms with Crippen molar-refractivity contribution in [2.45, 2.75) is 19.4 Å². The zero-order chi connectivity index (χ0) is 22.2. The number of rotatable bonds is 7. The van der Waals surface area contributed by atoms with Gasteiger partial charge < -0.3 is 16.0 Å². The number of para-hydroxylation sites is 1. The van der Waals surface area contributed by atoms with Gasteiger partial charge in [-0.05, 0) is 42.7 Å². The Hall–Kier alpha value is -3.13. The van der Waals surface area contributed by atoms with Crippen LogP contribution >= 0.6 is 24.0 Å². The van der Waals surface area contributed by atoms with E-state index < -0.39 is 0 Å². The Balaban J connectivity index is 0.00000363. The minimum Gasteiger partial charge on any atom is -0.382 e. The molecule has 0 aliphatic carbocycles. The molecule has 2 aromatic carbocycles. The molecule has 0 saturated heterocycles. The summed E-state index contributed by atoms with van der Waals surface area (Å²) in [7, 11) is 3.65. The van der Waals surface area contributed by atoms with Gasteiger partial charge in [0.25, 0.3) is 0 Å². The zero-order valence-electron chi connectivity index (χ0n) is 18.1. The first kappa shape index (κ1) is 25.1. The van der Waals surface area contributed by atoms with Crippen LogP contribution in [-0.4, -0.2) is 41.3 Å². The third-order valence-corrected chi connectivity index (χ3v) is 4.89. The molecule has 0 radical (unpaired) electrons. The van der Waals surface area contributed by atoms with Crippen molar-refractivity contribution in [3.63, 3.8) is 0 Å². The van der Waals surface area contributed by atoms with Crippen LogP contribution in [0, 0.1) is 17.1 Å². The minimum absolute atomic E-state index is 0. The van der Waals surface area contributed by atoms with Crippen molar-refractivity contribution < 1.29 is 4.39 Å². The highest BCUT2D eigenvalue weighted by Crippen LogP contribution is 2.21. The van der Waals surface area contributed by atoms with E-state index in [0.717, 1.165) is 23.6 Å². The fourth-order valence-electron chi connectivity index (χ4n) is 3.32. The number of aliphatic imine (C=N–C) groups is 1. The fourth-order valence-corrected chi connectivity index (χ4v) is 3.32. The van der Waals surface area contributed by atoms with Crippen molar-refractivity contribution in [2.24, 2.45) is 4.99 Å². The largest absolute Gasteiger partial charge is 0.382 e. The molecule has 3 rings (SSSR count). The van der Waals surface area contributed by atoms with E-state index in [1.807, 2.05) is 42.3 Å². The number of nitrogen functional groups attached to an aromatic ring is 1. The summed E-state index contributed by atoms with van der Waals surface area (Å²) < 4.78 is 14.7. The molecule has 3 N–H and O–H groups in total. The summed E-state index contributed by atoms with van der Waals surface area (Å²) in [5.41, 5.74) is 9.07. The molecular weight excluding hydrogens is 520 g/mol. The van der Waals surface area contributed by atoms with E-state index in [1.165, 1.54) is 12.1 Å². The summed E-state index contributed by atoms with van der Waals surface area (Å²) >= 11 is 0. The Bertz CT molecular complexity index is 1070. The van der Waals surface area contributed by atoms with Crippen LogP contribution in [0.4, 0.5) is 10.2 Å².